The molecule has 0 spiro atoms. The standard InChI is InChI=1S/C16H21N3O3S2/c1-17-14(20)10-22-12-5-3-11(4-6-12)9-19-15(21)13(7-8-24-2)18-16(19)23/h3-6,13H,7-10H2,1-2H3,(H,17,20)(H,18,23)/t13-/m1/s1. The van der Waals surface area contributed by atoms with E-state index in [0.29, 0.717) is 17.4 Å². The molecule has 0 unspecified atom stereocenters. The van der Waals surface area contributed by atoms with Crippen molar-refractivity contribution in [1.29, 1.82) is 0 Å². The minimum atomic E-state index is -0.222. The molecule has 0 radical (unpaired) electrons. The summed E-state index contributed by atoms with van der Waals surface area (Å²) in [6.07, 6.45) is 2.78. The Morgan fingerprint density at radius 3 is 2.75 bits per heavy atom. The smallest absolute Gasteiger partial charge is 0.257 e. The highest BCUT2D eigenvalue weighted by atomic mass is 32.2. The molecule has 1 saturated heterocycles. The van der Waals surface area contributed by atoms with Gasteiger partial charge in [-0.1, -0.05) is 12.1 Å². The summed E-state index contributed by atoms with van der Waals surface area (Å²) >= 11 is 6.98. The zero-order chi connectivity index (χ0) is 17.5. The number of carbonyl (C=O) groups excluding carboxylic acids is 2. The third-order valence-electron chi connectivity index (χ3n) is 3.63. The summed E-state index contributed by atoms with van der Waals surface area (Å²) in [5.41, 5.74) is 0.949. The third kappa shape index (κ3) is 4.85. The lowest BCUT2D eigenvalue weighted by Gasteiger charge is -2.15. The maximum atomic E-state index is 12.4. The van der Waals surface area contributed by atoms with Crippen LogP contribution in [0.1, 0.15) is 12.0 Å². The van der Waals surface area contributed by atoms with Crippen LogP contribution < -0.4 is 15.4 Å². The number of nitrogens with one attached hydrogen (secondary N) is 2. The highest BCUT2D eigenvalue weighted by molar-refractivity contribution is 7.98. The van der Waals surface area contributed by atoms with Crippen molar-refractivity contribution in [2.75, 3.05) is 25.7 Å². The summed E-state index contributed by atoms with van der Waals surface area (Å²) in [4.78, 5) is 25.2. The van der Waals surface area contributed by atoms with Gasteiger partial charge >= 0.3 is 0 Å². The number of thioether (sulfide) groups is 1. The van der Waals surface area contributed by atoms with Gasteiger partial charge in [-0.3, -0.25) is 14.5 Å². The Morgan fingerprint density at radius 1 is 1.42 bits per heavy atom. The molecule has 8 heteroatoms. The van der Waals surface area contributed by atoms with Crippen molar-refractivity contribution >= 4 is 40.9 Å². The molecule has 1 aromatic rings. The molecule has 130 valence electrons. The minimum Gasteiger partial charge on any atom is -0.484 e. The van der Waals surface area contributed by atoms with Gasteiger partial charge in [0.2, 0.25) is 0 Å². The van der Waals surface area contributed by atoms with Crippen LogP contribution in [0.3, 0.4) is 0 Å². The number of thiocarbonyl (C=S) groups is 1. The van der Waals surface area contributed by atoms with E-state index < -0.39 is 0 Å². The van der Waals surface area contributed by atoms with Gasteiger partial charge in [0.25, 0.3) is 11.8 Å². The quantitative estimate of drug-likeness (QED) is 0.672. The largest absolute Gasteiger partial charge is 0.484 e. The first-order valence-corrected chi connectivity index (χ1v) is 9.38. The van der Waals surface area contributed by atoms with E-state index in [1.54, 1.807) is 35.8 Å². The molecule has 0 aliphatic carbocycles. The fraction of sp³-hybridized carbons (Fsp3) is 0.438. The molecule has 1 aromatic carbocycles. The number of hydrogen-bond donors (Lipinski definition) is 2. The second-order valence-electron chi connectivity index (χ2n) is 5.31. The summed E-state index contributed by atoms with van der Waals surface area (Å²) in [5.74, 6) is 1.36. The van der Waals surface area contributed by atoms with Crippen LogP contribution in [0.5, 0.6) is 5.75 Å². The summed E-state index contributed by atoms with van der Waals surface area (Å²) in [6, 6.07) is 7.07. The van der Waals surface area contributed by atoms with Crippen LogP contribution in [0.15, 0.2) is 24.3 Å². The minimum absolute atomic E-state index is 0.0222. The number of likely N-dealkylation sites (N-methyl/N-ethyl adjacent to an activating group) is 1. The van der Waals surface area contributed by atoms with Gasteiger partial charge in [0.15, 0.2) is 11.7 Å². The highest BCUT2D eigenvalue weighted by Gasteiger charge is 2.34. The summed E-state index contributed by atoms with van der Waals surface area (Å²) in [7, 11) is 1.56. The maximum Gasteiger partial charge on any atom is 0.257 e. The van der Waals surface area contributed by atoms with E-state index in [-0.39, 0.29) is 24.5 Å². The van der Waals surface area contributed by atoms with E-state index in [0.717, 1.165) is 17.7 Å². The molecule has 1 aliphatic heterocycles. The Morgan fingerprint density at radius 2 is 2.12 bits per heavy atom. The Labute approximate surface area is 151 Å². The molecule has 1 heterocycles. The molecule has 0 bridgehead atoms. The van der Waals surface area contributed by atoms with Crippen LogP contribution in [-0.2, 0) is 16.1 Å². The van der Waals surface area contributed by atoms with Crippen molar-refractivity contribution in [1.82, 2.24) is 15.5 Å². The number of benzene rings is 1. The van der Waals surface area contributed by atoms with E-state index in [1.807, 2.05) is 18.4 Å². The second-order valence-corrected chi connectivity index (χ2v) is 6.69. The molecule has 1 fully saturated rings. The van der Waals surface area contributed by atoms with Gasteiger partial charge in [0.1, 0.15) is 11.8 Å². The van der Waals surface area contributed by atoms with Gasteiger partial charge < -0.3 is 15.4 Å². The van der Waals surface area contributed by atoms with Gasteiger partial charge in [-0.2, -0.15) is 11.8 Å². The van der Waals surface area contributed by atoms with Crippen molar-refractivity contribution in [2.45, 2.75) is 19.0 Å². The lowest BCUT2D eigenvalue weighted by Crippen LogP contribution is -2.31. The van der Waals surface area contributed by atoms with Crippen molar-refractivity contribution in [3.05, 3.63) is 29.8 Å². The fourth-order valence-corrected chi connectivity index (χ4v) is 3.02. The topological polar surface area (TPSA) is 70.7 Å². The molecule has 2 amide bonds. The van der Waals surface area contributed by atoms with E-state index in [1.165, 1.54) is 0 Å². The van der Waals surface area contributed by atoms with E-state index in [9.17, 15) is 9.59 Å². The summed E-state index contributed by atoms with van der Waals surface area (Å²) in [6.45, 7) is 0.405. The number of hydrogen-bond acceptors (Lipinski definition) is 5. The van der Waals surface area contributed by atoms with Crippen LogP contribution in [0.2, 0.25) is 0 Å². The molecule has 0 aromatic heterocycles. The lowest BCUT2D eigenvalue weighted by molar-refractivity contribution is -0.127. The first-order chi connectivity index (χ1) is 11.5. The highest BCUT2D eigenvalue weighted by Crippen LogP contribution is 2.18. The first-order valence-electron chi connectivity index (χ1n) is 7.58. The molecular formula is C16H21N3O3S2. The third-order valence-corrected chi connectivity index (χ3v) is 4.61. The fourth-order valence-electron chi connectivity index (χ4n) is 2.25. The molecule has 1 aliphatic rings. The Balaban J connectivity index is 1.92. The van der Waals surface area contributed by atoms with Crippen LogP contribution in [-0.4, -0.2) is 53.5 Å². The number of carbonyl (C=O) groups is 2. The van der Waals surface area contributed by atoms with Gasteiger partial charge in [-0.15, -0.1) is 0 Å². The predicted octanol–water partition coefficient (Wildman–Crippen LogP) is 1.15. The molecule has 2 rings (SSSR count). The van der Waals surface area contributed by atoms with Crippen molar-refractivity contribution in [2.24, 2.45) is 0 Å². The van der Waals surface area contributed by atoms with Gasteiger partial charge in [-0.25, -0.2) is 0 Å². The van der Waals surface area contributed by atoms with E-state index >= 15 is 0 Å². The first kappa shape index (κ1) is 18.5. The van der Waals surface area contributed by atoms with E-state index in [2.05, 4.69) is 10.6 Å². The van der Waals surface area contributed by atoms with Crippen molar-refractivity contribution in [3.8, 4) is 5.75 Å². The van der Waals surface area contributed by atoms with Gasteiger partial charge in [-0.05, 0) is 48.3 Å². The molecular weight excluding hydrogens is 346 g/mol. The van der Waals surface area contributed by atoms with Gasteiger partial charge in [0, 0.05) is 7.05 Å². The van der Waals surface area contributed by atoms with Crippen molar-refractivity contribution in [3.63, 3.8) is 0 Å². The van der Waals surface area contributed by atoms with Crippen LogP contribution >= 0.6 is 24.0 Å². The van der Waals surface area contributed by atoms with Crippen LogP contribution in [0.25, 0.3) is 0 Å². The molecule has 0 saturated carbocycles. The number of amides is 2. The number of nitrogens with zero attached hydrogens (tertiary/aromatic N) is 1. The number of rotatable bonds is 8. The summed E-state index contributed by atoms with van der Waals surface area (Å²) in [5, 5.41) is 6.05. The molecule has 6 nitrogen and oxygen atoms in total. The molecule has 1 atom stereocenters. The Kier molecular flexibility index (Phi) is 6.86. The predicted molar refractivity (Wildman–Crippen MR) is 99.1 cm³/mol. The lowest BCUT2D eigenvalue weighted by atomic mass is 10.2. The van der Waals surface area contributed by atoms with Crippen LogP contribution in [0, 0.1) is 0 Å². The average Bonchev–Trinajstić information content (AvgIpc) is 2.86. The van der Waals surface area contributed by atoms with E-state index in [4.69, 9.17) is 17.0 Å². The van der Waals surface area contributed by atoms with Gasteiger partial charge in [0.05, 0.1) is 6.54 Å². The zero-order valence-corrected chi connectivity index (χ0v) is 15.3. The Bertz CT molecular complexity index is 607. The van der Waals surface area contributed by atoms with Crippen LogP contribution in [0.4, 0.5) is 0 Å². The maximum absolute atomic E-state index is 12.4. The second kappa shape index (κ2) is 8.89. The monoisotopic (exact) mass is 367 g/mol. The Hall–Kier alpha value is -1.80. The number of ether oxygens (including phenoxy) is 1. The SMILES string of the molecule is CNC(=O)COc1ccc(CN2C(=O)[C@@H](CCSC)NC2=S)cc1. The average molecular weight is 367 g/mol. The molecule has 24 heavy (non-hydrogen) atoms. The summed E-state index contributed by atoms with van der Waals surface area (Å²) < 4.78 is 5.35. The normalized spacial score (nSPS) is 16.9. The molecule has 2 N–H and O–H groups in total. The van der Waals surface area contributed by atoms with Crippen molar-refractivity contribution < 1.29 is 14.3 Å². The zero-order valence-electron chi connectivity index (χ0n) is 13.7.